The van der Waals surface area contributed by atoms with Crippen LogP contribution in [-0.4, -0.2) is 17.6 Å². The number of ether oxygens (including phenoxy) is 1. The molecule has 0 aliphatic carbocycles. The first-order valence-corrected chi connectivity index (χ1v) is 4.02. The van der Waals surface area contributed by atoms with Crippen LogP contribution in [-0.2, 0) is 4.74 Å². The summed E-state index contributed by atoms with van der Waals surface area (Å²) in [4.78, 5) is 15.0. The smallest absolute Gasteiger partial charge is 0.341 e. The van der Waals surface area contributed by atoms with Crippen LogP contribution < -0.4 is 5.73 Å². The summed E-state index contributed by atoms with van der Waals surface area (Å²) >= 11 is 0. The fourth-order valence-electron chi connectivity index (χ4n) is 0.933. The number of aromatic nitrogens is 1. The zero-order chi connectivity index (χ0) is 10.6. The quantitative estimate of drug-likeness (QED) is 0.695. The van der Waals surface area contributed by atoms with E-state index in [4.69, 9.17) is 15.7 Å². The van der Waals surface area contributed by atoms with Gasteiger partial charge < -0.3 is 10.5 Å². The maximum absolute atomic E-state index is 11.3. The van der Waals surface area contributed by atoms with E-state index in [0.29, 0.717) is 0 Å². The Morgan fingerprint density at radius 1 is 1.71 bits per heavy atom. The molecular formula is C9H9N3O2. The number of esters is 1. The van der Waals surface area contributed by atoms with Crippen molar-refractivity contribution in [2.24, 2.45) is 0 Å². The van der Waals surface area contributed by atoms with Gasteiger partial charge in [0.25, 0.3) is 0 Å². The Kier molecular flexibility index (Phi) is 3.02. The maximum atomic E-state index is 11.3. The van der Waals surface area contributed by atoms with Crippen molar-refractivity contribution < 1.29 is 9.53 Å². The van der Waals surface area contributed by atoms with Crippen molar-refractivity contribution in [3.8, 4) is 6.07 Å². The topological polar surface area (TPSA) is 89.0 Å². The first-order valence-electron chi connectivity index (χ1n) is 4.02. The summed E-state index contributed by atoms with van der Waals surface area (Å²) in [5, 5.41) is 8.68. The third-order valence-electron chi connectivity index (χ3n) is 1.52. The van der Waals surface area contributed by atoms with Crippen LogP contribution in [0.25, 0.3) is 0 Å². The Balaban J connectivity index is 3.09. The zero-order valence-corrected chi connectivity index (χ0v) is 7.65. The summed E-state index contributed by atoms with van der Waals surface area (Å²) in [6.07, 6.45) is 0. The Morgan fingerprint density at radius 3 is 3.00 bits per heavy atom. The molecule has 2 N–H and O–H groups in total. The Morgan fingerprint density at radius 2 is 2.43 bits per heavy atom. The second-order valence-corrected chi connectivity index (χ2v) is 2.46. The lowest BCUT2D eigenvalue weighted by atomic mass is 10.2. The minimum absolute atomic E-state index is 0.0107. The zero-order valence-electron chi connectivity index (χ0n) is 7.65. The summed E-state index contributed by atoms with van der Waals surface area (Å²) in [6.45, 7) is 1.95. The van der Waals surface area contributed by atoms with Crippen molar-refractivity contribution in [1.29, 1.82) is 5.26 Å². The summed E-state index contributed by atoms with van der Waals surface area (Å²) in [5.74, 6) is -0.355. The molecule has 1 aromatic heterocycles. The van der Waals surface area contributed by atoms with Gasteiger partial charge in [0, 0.05) is 0 Å². The van der Waals surface area contributed by atoms with E-state index >= 15 is 0 Å². The van der Waals surface area contributed by atoms with E-state index < -0.39 is 5.97 Å². The van der Waals surface area contributed by atoms with Gasteiger partial charge in [0.05, 0.1) is 12.2 Å². The number of anilines is 1. The standard InChI is InChI=1S/C9H9N3O2/c1-2-14-9(13)6-3-4-8(11)12-7(6)5-10/h3-4H,2H2,1H3,(H2,11,12). The molecule has 1 aromatic rings. The maximum Gasteiger partial charge on any atom is 0.341 e. The highest BCUT2D eigenvalue weighted by atomic mass is 16.5. The molecule has 5 nitrogen and oxygen atoms in total. The van der Waals surface area contributed by atoms with Crippen LogP contribution in [0.4, 0.5) is 5.82 Å². The Hall–Kier alpha value is -2.09. The fourth-order valence-corrected chi connectivity index (χ4v) is 0.933. The Bertz CT molecular complexity index is 396. The molecule has 1 heterocycles. The number of carbonyl (C=O) groups excluding carboxylic acids is 1. The number of pyridine rings is 1. The van der Waals surface area contributed by atoms with Gasteiger partial charge in [-0.1, -0.05) is 0 Å². The predicted octanol–water partition coefficient (Wildman–Crippen LogP) is 0.712. The van der Waals surface area contributed by atoms with Gasteiger partial charge in [0.1, 0.15) is 11.9 Å². The molecule has 72 valence electrons. The van der Waals surface area contributed by atoms with Crippen molar-refractivity contribution in [2.45, 2.75) is 6.92 Å². The molecule has 0 aromatic carbocycles. The average Bonchev–Trinajstić information content (AvgIpc) is 2.17. The SMILES string of the molecule is CCOC(=O)c1ccc(N)nc1C#N. The highest BCUT2D eigenvalue weighted by Gasteiger charge is 2.13. The van der Waals surface area contributed by atoms with Crippen molar-refractivity contribution >= 4 is 11.8 Å². The van der Waals surface area contributed by atoms with Gasteiger partial charge in [-0.25, -0.2) is 9.78 Å². The number of rotatable bonds is 2. The third-order valence-corrected chi connectivity index (χ3v) is 1.52. The molecule has 5 heteroatoms. The molecule has 0 aliphatic heterocycles. The number of nitriles is 1. The van der Waals surface area contributed by atoms with E-state index in [1.54, 1.807) is 13.0 Å². The highest BCUT2D eigenvalue weighted by Crippen LogP contribution is 2.09. The summed E-state index contributed by atoms with van der Waals surface area (Å²) in [5.41, 5.74) is 5.49. The normalized spacial score (nSPS) is 9.14. The van der Waals surface area contributed by atoms with Crippen molar-refractivity contribution in [2.75, 3.05) is 12.3 Å². The van der Waals surface area contributed by atoms with Crippen LogP contribution in [0.3, 0.4) is 0 Å². The van der Waals surface area contributed by atoms with Crippen LogP contribution in [0, 0.1) is 11.3 Å². The van der Waals surface area contributed by atoms with E-state index in [0.717, 1.165) is 0 Å². The van der Waals surface area contributed by atoms with Crippen molar-refractivity contribution in [3.63, 3.8) is 0 Å². The number of nitrogens with zero attached hydrogens (tertiary/aromatic N) is 2. The molecule has 1 rings (SSSR count). The summed E-state index contributed by atoms with van der Waals surface area (Å²) < 4.78 is 4.74. The molecular weight excluding hydrogens is 182 g/mol. The molecule has 14 heavy (non-hydrogen) atoms. The second-order valence-electron chi connectivity index (χ2n) is 2.46. The number of nitrogen functional groups attached to an aromatic ring is 1. The largest absolute Gasteiger partial charge is 0.462 e. The van der Waals surface area contributed by atoms with Crippen LogP contribution in [0.1, 0.15) is 23.0 Å². The van der Waals surface area contributed by atoms with Gasteiger partial charge in [-0.2, -0.15) is 5.26 Å². The van der Waals surface area contributed by atoms with Crippen LogP contribution in [0.5, 0.6) is 0 Å². The molecule has 0 amide bonds. The lowest BCUT2D eigenvalue weighted by Gasteiger charge is -2.02. The van der Waals surface area contributed by atoms with Crippen LogP contribution in [0.15, 0.2) is 12.1 Å². The minimum Gasteiger partial charge on any atom is -0.462 e. The molecule has 0 atom stereocenters. The van der Waals surface area contributed by atoms with Gasteiger partial charge >= 0.3 is 5.97 Å². The van der Waals surface area contributed by atoms with Gasteiger partial charge in [-0.05, 0) is 19.1 Å². The van der Waals surface area contributed by atoms with Crippen LogP contribution >= 0.6 is 0 Å². The molecule has 0 saturated carbocycles. The molecule has 0 radical (unpaired) electrons. The summed E-state index contributed by atoms with van der Waals surface area (Å²) in [7, 11) is 0. The van der Waals surface area contributed by atoms with E-state index in [-0.39, 0.29) is 23.7 Å². The van der Waals surface area contributed by atoms with E-state index in [1.807, 2.05) is 0 Å². The first-order chi connectivity index (χ1) is 6.69. The Labute approximate surface area is 81.1 Å². The first kappa shape index (κ1) is 9.99. The highest BCUT2D eigenvalue weighted by molar-refractivity contribution is 5.91. The van der Waals surface area contributed by atoms with Crippen molar-refractivity contribution in [3.05, 3.63) is 23.4 Å². The molecule has 0 fully saturated rings. The average molecular weight is 191 g/mol. The van der Waals surface area contributed by atoms with E-state index in [9.17, 15) is 4.79 Å². The monoisotopic (exact) mass is 191 g/mol. The number of hydrogen-bond donors (Lipinski definition) is 1. The fraction of sp³-hybridized carbons (Fsp3) is 0.222. The van der Waals surface area contributed by atoms with Gasteiger partial charge in [0.15, 0.2) is 5.69 Å². The molecule has 0 unspecified atom stereocenters. The summed E-state index contributed by atoms with van der Waals surface area (Å²) in [6, 6.07) is 4.66. The van der Waals surface area contributed by atoms with Gasteiger partial charge in [-0.15, -0.1) is 0 Å². The van der Waals surface area contributed by atoms with Crippen LogP contribution in [0.2, 0.25) is 0 Å². The van der Waals surface area contributed by atoms with Gasteiger partial charge in [0.2, 0.25) is 0 Å². The number of nitrogens with two attached hydrogens (primary N) is 1. The minimum atomic E-state index is -0.559. The molecule has 0 bridgehead atoms. The van der Waals surface area contributed by atoms with E-state index in [1.165, 1.54) is 12.1 Å². The second kappa shape index (κ2) is 4.23. The van der Waals surface area contributed by atoms with Crippen molar-refractivity contribution in [1.82, 2.24) is 4.98 Å². The molecule has 0 spiro atoms. The predicted molar refractivity (Wildman–Crippen MR) is 49.3 cm³/mol. The number of hydrogen-bond acceptors (Lipinski definition) is 5. The molecule has 0 aliphatic rings. The number of carbonyl (C=O) groups is 1. The third kappa shape index (κ3) is 1.98. The lowest BCUT2D eigenvalue weighted by molar-refractivity contribution is 0.0525. The van der Waals surface area contributed by atoms with Gasteiger partial charge in [-0.3, -0.25) is 0 Å². The molecule has 0 saturated heterocycles. The van der Waals surface area contributed by atoms with E-state index in [2.05, 4.69) is 4.98 Å². The lowest BCUT2D eigenvalue weighted by Crippen LogP contribution is -2.09.